The molecular weight excluding hydrogens is 840 g/mol. The van der Waals surface area contributed by atoms with Gasteiger partial charge in [0.1, 0.15) is 75.6 Å². The summed E-state index contributed by atoms with van der Waals surface area (Å²) >= 11 is 0. The van der Waals surface area contributed by atoms with Gasteiger partial charge in [-0.3, -0.25) is 0 Å². The molecule has 0 radical (unpaired) electrons. The summed E-state index contributed by atoms with van der Waals surface area (Å²) in [6.07, 6.45) is 0. The number of aromatic nitrogens is 4. The Hall–Kier alpha value is -5.32. The van der Waals surface area contributed by atoms with Crippen molar-refractivity contribution in [3.8, 4) is 23.0 Å². The van der Waals surface area contributed by atoms with Crippen molar-refractivity contribution in [3.05, 3.63) is 47.0 Å². The van der Waals surface area contributed by atoms with Crippen LogP contribution in [0.1, 0.15) is 22.8 Å². The van der Waals surface area contributed by atoms with Gasteiger partial charge in [0, 0.05) is 56.9 Å². The minimum Gasteiger partial charge on any atom is -0.485 e. The number of ether oxygens (including phenoxy) is 16. The van der Waals surface area contributed by atoms with Crippen LogP contribution in [0.25, 0.3) is 45.1 Å². The maximum absolute atomic E-state index is 6.43. The summed E-state index contributed by atoms with van der Waals surface area (Å²) in [6.45, 7) is 3.87. The normalized spacial score (nSPS) is 12.5. The predicted molar refractivity (Wildman–Crippen MR) is 235 cm³/mol. The monoisotopic (exact) mass is 902 g/mol. The molecule has 64 heavy (non-hydrogen) atoms. The Labute approximate surface area is 372 Å². The van der Waals surface area contributed by atoms with Crippen LogP contribution in [0.15, 0.2) is 24.3 Å². The molecule has 0 fully saturated rings. The molecule has 20 nitrogen and oxygen atoms in total. The van der Waals surface area contributed by atoms with Gasteiger partial charge in [0.05, 0.1) is 74.9 Å². The smallest absolute Gasteiger partial charge is 0.189 e. The second-order valence-corrected chi connectivity index (χ2v) is 13.6. The van der Waals surface area contributed by atoms with Crippen LogP contribution in [0, 0.1) is 0 Å². The fraction of sp³-hybridized carbons (Fsp3) is 0.545. The fourth-order valence-electron chi connectivity index (χ4n) is 6.23. The van der Waals surface area contributed by atoms with Crippen LogP contribution in [0.2, 0.25) is 0 Å². The Balaban J connectivity index is 1.99. The van der Waals surface area contributed by atoms with E-state index in [-0.39, 0.29) is 66.1 Å². The van der Waals surface area contributed by atoms with E-state index in [1.54, 1.807) is 75.1 Å². The molecule has 0 unspecified atom stereocenters. The zero-order valence-corrected chi connectivity index (χ0v) is 38.0. The van der Waals surface area contributed by atoms with Crippen molar-refractivity contribution in [3.63, 3.8) is 0 Å². The summed E-state index contributed by atoms with van der Waals surface area (Å²) in [4.78, 5) is 17.2. The van der Waals surface area contributed by atoms with Gasteiger partial charge in [-0.15, -0.1) is 0 Å². The molecule has 0 saturated heterocycles. The van der Waals surface area contributed by atoms with Gasteiger partial charge in [-0.1, -0.05) is 0 Å². The standard InChI is InChI=1S/C44H62N4O16/c1-49-9-17-57-37-29-25-31-39(59-19-11-51-3)41(61-21-13-53-5)33(46-31)27-35-43(63-23-15-55-7)44(64-24-16-56-8)36(48-35)28-34-42(62-22-14-54-6)40(60-20-12-52-4)32(47-34)26-30(45-29)38(37)58-18-10-50-2/h25-28,45-46H,9-24H2,1-8H3. The van der Waals surface area contributed by atoms with E-state index in [1.807, 2.05) is 6.07 Å². The molecule has 3 aromatic rings. The summed E-state index contributed by atoms with van der Waals surface area (Å²) in [6, 6.07) is 7.16. The van der Waals surface area contributed by atoms with E-state index < -0.39 is 0 Å². The number of H-pyrrole nitrogens is 2. The fourth-order valence-corrected chi connectivity index (χ4v) is 6.23. The third-order valence-electron chi connectivity index (χ3n) is 9.15. The summed E-state index contributed by atoms with van der Waals surface area (Å²) in [7, 11) is 12.8. The lowest BCUT2D eigenvalue weighted by atomic mass is 10.2. The van der Waals surface area contributed by atoms with Gasteiger partial charge < -0.3 is 85.8 Å². The van der Waals surface area contributed by atoms with Crippen LogP contribution in [0.5, 0.6) is 23.0 Å². The van der Waals surface area contributed by atoms with Crippen molar-refractivity contribution in [2.24, 2.45) is 0 Å². The molecule has 0 spiro atoms. The predicted octanol–water partition coefficient (Wildman–Crippen LogP) is 4.72. The topological polar surface area (TPSA) is 205 Å². The summed E-state index contributed by atoms with van der Waals surface area (Å²) < 4.78 is 94.2. The Morgan fingerprint density at radius 2 is 0.500 bits per heavy atom. The zero-order chi connectivity index (χ0) is 45.5. The third-order valence-corrected chi connectivity index (χ3v) is 9.15. The van der Waals surface area contributed by atoms with E-state index >= 15 is 0 Å². The first kappa shape index (κ1) is 49.7. The van der Waals surface area contributed by atoms with Crippen molar-refractivity contribution in [2.75, 3.05) is 163 Å². The molecule has 5 rings (SSSR count). The Kier molecular flexibility index (Phi) is 21.0. The molecule has 2 N–H and O–H groups in total. The van der Waals surface area contributed by atoms with Crippen LogP contribution in [-0.4, -0.2) is 183 Å². The van der Waals surface area contributed by atoms with Crippen LogP contribution < -0.4 is 18.9 Å². The average molecular weight is 903 g/mol. The van der Waals surface area contributed by atoms with E-state index in [2.05, 4.69) is 9.97 Å². The Morgan fingerprint density at radius 1 is 0.281 bits per heavy atom. The molecule has 20 heteroatoms. The number of methoxy groups -OCH3 is 8. The molecular formula is C44H62N4O16. The lowest BCUT2D eigenvalue weighted by Gasteiger charge is -2.12. The Morgan fingerprint density at radius 3 is 0.750 bits per heavy atom. The highest BCUT2D eigenvalue weighted by Gasteiger charge is 2.30. The van der Waals surface area contributed by atoms with Crippen molar-refractivity contribution in [2.45, 2.75) is 0 Å². The first-order chi connectivity index (χ1) is 31.5. The molecule has 2 aliphatic heterocycles. The highest BCUT2D eigenvalue weighted by atomic mass is 16.6. The quantitative estimate of drug-likeness (QED) is 0.0814. The van der Waals surface area contributed by atoms with E-state index in [9.17, 15) is 0 Å². The summed E-state index contributed by atoms with van der Waals surface area (Å²) in [5.74, 6) is 2.88. The van der Waals surface area contributed by atoms with Gasteiger partial charge >= 0.3 is 0 Å². The second-order valence-electron chi connectivity index (χ2n) is 13.6. The number of fused-ring (bicyclic) bond motifs is 8. The molecule has 5 heterocycles. The van der Waals surface area contributed by atoms with Crippen LogP contribution >= 0.6 is 0 Å². The van der Waals surface area contributed by atoms with E-state index in [1.165, 1.54) is 0 Å². The Bertz CT molecular complexity index is 1990. The SMILES string of the molecule is COCCOC1=C(OCCOC)c2cc3[nH]c(cc4[nH]c(cc5nc(cc1n2)C(OCCOC)=C5OCCOC)c(OCCOC)c4OCCOC)c(OCCOC)c3OCCOC. The number of nitrogens with one attached hydrogen (secondary N) is 2. The van der Waals surface area contributed by atoms with Crippen molar-refractivity contribution >= 4 is 45.1 Å². The zero-order valence-electron chi connectivity index (χ0n) is 38.0. The van der Waals surface area contributed by atoms with Crippen molar-refractivity contribution in [1.29, 1.82) is 0 Å². The number of aromatic amines is 2. The van der Waals surface area contributed by atoms with Crippen molar-refractivity contribution in [1.82, 2.24) is 19.9 Å². The summed E-state index contributed by atoms with van der Waals surface area (Å²) in [5, 5.41) is 0. The maximum Gasteiger partial charge on any atom is 0.189 e. The molecule has 0 amide bonds. The average Bonchev–Trinajstić information content (AvgIpc) is 3.99. The molecule has 8 bridgehead atoms. The minimum absolute atomic E-state index is 0.180. The molecule has 0 aromatic carbocycles. The van der Waals surface area contributed by atoms with Gasteiger partial charge in [-0.05, 0) is 24.3 Å². The second kappa shape index (κ2) is 27.1. The first-order valence-corrected chi connectivity index (χ1v) is 20.7. The lowest BCUT2D eigenvalue weighted by molar-refractivity contribution is 0.121. The van der Waals surface area contributed by atoms with E-state index in [0.717, 1.165) is 0 Å². The molecule has 2 aliphatic rings. The molecule has 354 valence electrons. The number of nitrogens with zero attached hydrogens (tertiary/aromatic N) is 2. The van der Waals surface area contributed by atoms with Crippen LogP contribution in [0.4, 0.5) is 0 Å². The van der Waals surface area contributed by atoms with Gasteiger partial charge in [-0.25, -0.2) is 9.97 Å². The largest absolute Gasteiger partial charge is 0.485 e. The summed E-state index contributed by atoms with van der Waals surface area (Å²) in [5.41, 5.74) is 3.56. The lowest BCUT2D eigenvalue weighted by Crippen LogP contribution is -2.08. The number of hydrogen-bond donors (Lipinski definition) is 2. The van der Waals surface area contributed by atoms with Crippen LogP contribution in [0.3, 0.4) is 0 Å². The maximum atomic E-state index is 6.43. The van der Waals surface area contributed by atoms with E-state index in [4.69, 9.17) is 85.8 Å². The molecule has 0 aliphatic carbocycles. The van der Waals surface area contributed by atoms with Gasteiger partial charge in [-0.2, -0.15) is 0 Å². The molecule has 0 atom stereocenters. The first-order valence-electron chi connectivity index (χ1n) is 20.7. The number of hydrogen-bond acceptors (Lipinski definition) is 18. The van der Waals surface area contributed by atoms with Crippen LogP contribution in [-0.2, 0) is 56.8 Å². The third kappa shape index (κ3) is 13.4. The highest BCUT2D eigenvalue weighted by Crippen LogP contribution is 2.43. The van der Waals surface area contributed by atoms with Gasteiger partial charge in [0.15, 0.2) is 46.0 Å². The van der Waals surface area contributed by atoms with Gasteiger partial charge in [0.2, 0.25) is 0 Å². The molecule has 0 saturated carbocycles. The van der Waals surface area contributed by atoms with Crippen molar-refractivity contribution < 1.29 is 75.8 Å². The highest BCUT2D eigenvalue weighted by molar-refractivity contribution is 5.92. The number of rotatable bonds is 32. The van der Waals surface area contributed by atoms with Gasteiger partial charge in [0.25, 0.3) is 0 Å². The molecule has 3 aromatic heterocycles. The minimum atomic E-state index is 0.180. The van der Waals surface area contributed by atoms with E-state index in [0.29, 0.717) is 131 Å².